The van der Waals surface area contributed by atoms with Crippen LogP contribution in [0, 0.1) is 13.8 Å². The van der Waals surface area contributed by atoms with Crippen LogP contribution in [0.3, 0.4) is 0 Å². The SMILES string of the molecule is Cc1sc2nc(COC3CCC3)nc(NN)c2c1C. The number of thiophene rings is 1. The van der Waals surface area contributed by atoms with E-state index in [4.69, 9.17) is 10.6 Å². The Balaban J connectivity index is 1.92. The summed E-state index contributed by atoms with van der Waals surface area (Å²) in [7, 11) is 0. The summed E-state index contributed by atoms with van der Waals surface area (Å²) in [6.45, 7) is 4.63. The first kappa shape index (κ1) is 12.8. The van der Waals surface area contributed by atoms with Gasteiger partial charge in [-0.3, -0.25) is 0 Å². The number of hydrogen-bond donors (Lipinski definition) is 2. The summed E-state index contributed by atoms with van der Waals surface area (Å²) in [5, 5.41) is 1.03. The van der Waals surface area contributed by atoms with Crippen molar-refractivity contribution >= 4 is 27.4 Å². The average Bonchev–Trinajstić information content (AvgIpc) is 2.62. The minimum absolute atomic E-state index is 0.389. The van der Waals surface area contributed by atoms with Gasteiger partial charge in [-0.15, -0.1) is 11.3 Å². The molecule has 0 aromatic carbocycles. The number of nitrogen functional groups attached to an aromatic ring is 1. The molecule has 5 nitrogen and oxygen atoms in total. The second-order valence-electron chi connectivity index (χ2n) is 4.96. The Labute approximate surface area is 116 Å². The van der Waals surface area contributed by atoms with Gasteiger partial charge in [0.2, 0.25) is 0 Å². The Morgan fingerprint density at radius 3 is 2.79 bits per heavy atom. The van der Waals surface area contributed by atoms with E-state index in [1.54, 1.807) is 11.3 Å². The summed E-state index contributed by atoms with van der Waals surface area (Å²) in [4.78, 5) is 11.3. The second kappa shape index (κ2) is 5.03. The highest BCUT2D eigenvalue weighted by molar-refractivity contribution is 7.18. The van der Waals surface area contributed by atoms with Crippen LogP contribution in [-0.2, 0) is 11.3 Å². The molecule has 1 saturated carbocycles. The maximum Gasteiger partial charge on any atom is 0.158 e. The quantitative estimate of drug-likeness (QED) is 0.664. The highest BCUT2D eigenvalue weighted by Crippen LogP contribution is 2.33. The number of nitrogens with two attached hydrogens (primary N) is 1. The topological polar surface area (TPSA) is 73.1 Å². The van der Waals surface area contributed by atoms with Crippen molar-refractivity contribution in [3.8, 4) is 0 Å². The van der Waals surface area contributed by atoms with Crippen LogP contribution in [-0.4, -0.2) is 16.1 Å². The van der Waals surface area contributed by atoms with Gasteiger partial charge in [-0.2, -0.15) is 0 Å². The fourth-order valence-corrected chi connectivity index (χ4v) is 3.24. The molecule has 0 atom stereocenters. The van der Waals surface area contributed by atoms with Crippen LogP contribution >= 0.6 is 11.3 Å². The van der Waals surface area contributed by atoms with Crippen molar-refractivity contribution in [3.05, 3.63) is 16.3 Å². The molecule has 19 heavy (non-hydrogen) atoms. The minimum Gasteiger partial charge on any atom is -0.370 e. The van der Waals surface area contributed by atoms with E-state index in [1.165, 1.54) is 16.9 Å². The lowest BCUT2D eigenvalue weighted by atomic mass is 9.96. The molecule has 0 spiro atoms. The predicted molar refractivity (Wildman–Crippen MR) is 77.1 cm³/mol. The van der Waals surface area contributed by atoms with Gasteiger partial charge in [0.05, 0.1) is 11.5 Å². The van der Waals surface area contributed by atoms with E-state index in [1.807, 2.05) is 0 Å². The monoisotopic (exact) mass is 278 g/mol. The van der Waals surface area contributed by atoms with Gasteiger partial charge >= 0.3 is 0 Å². The summed E-state index contributed by atoms with van der Waals surface area (Å²) >= 11 is 1.67. The first-order chi connectivity index (χ1) is 9.19. The van der Waals surface area contributed by atoms with Crippen LogP contribution < -0.4 is 11.3 Å². The van der Waals surface area contributed by atoms with Gasteiger partial charge in [0.15, 0.2) is 11.6 Å². The predicted octanol–water partition coefficient (Wildman–Crippen LogP) is 2.66. The second-order valence-corrected chi connectivity index (χ2v) is 6.16. The van der Waals surface area contributed by atoms with Crippen LogP contribution in [0.1, 0.15) is 35.5 Å². The molecule has 0 aliphatic heterocycles. The molecule has 1 fully saturated rings. The van der Waals surface area contributed by atoms with Gasteiger partial charge in [0.1, 0.15) is 11.4 Å². The number of nitrogens with zero attached hydrogens (tertiary/aromatic N) is 2. The maximum absolute atomic E-state index is 5.76. The number of hydrazine groups is 1. The lowest BCUT2D eigenvalue weighted by Crippen LogP contribution is -2.22. The fourth-order valence-electron chi connectivity index (χ4n) is 2.19. The number of rotatable bonds is 4. The van der Waals surface area contributed by atoms with Gasteiger partial charge in [0.25, 0.3) is 0 Å². The summed E-state index contributed by atoms with van der Waals surface area (Å²) in [5.74, 6) is 6.98. The number of fused-ring (bicyclic) bond motifs is 1. The van der Waals surface area contributed by atoms with Crippen molar-refractivity contribution in [1.82, 2.24) is 9.97 Å². The standard InChI is InChI=1S/C13H18N4OS/c1-7-8(2)19-13-11(7)12(17-14)15-10(16-13)6-18-9-4-3-5-9/h9H,3-6,14H2,1-2H3,(H,15,16,17). The number of ether oxygens (including phenoxy) is 1. The fraction of sp³-hybridized carbons (Fsp3) is 0.538. The number of aryl methyl sites for hydroxylation is 2. The molecule has 2 heterocycles. The number of aromatic nitrogens is 2. The Morgan fingerprint density at radius 1 is 1.37 bits per heavy atom. The molecule has 102 valence electrons. The van der Waals surface area contributed by atoms with E-state index in [2.05, 4.69) is 29.2 Å². The van der Waals surface area contributed by atoms with Crippen LogP contribution in [0.4, 0.5) is 5.82 Å². The lowest BCUT2D eigenvalue weighted by Gasteiger charge is -2.25. The number of nitrogens with one attached hydrogen (secondary N) is 1. The van der Waals surface area contributed by atoms with Crippen molar-refractivity contribution in [2.75, 3.05) is 5.43 Å². The largest absolute Gasteiger partial charge is 0.370 e. The highest BCUT2D eigenvalue weighted by atomic mass is 32.1. The highest BCUT2D eigenvalue weighted by Gasteiger charge is 2.19. The van der Waals surface area contributed by atoms with Crippen molar-refractivity contribution in [3.63, 3.8) is 0 Å². The molecule has 0 bridgehead atoms. The molecule has 0 radical (unpaired) electrons. The first-order valence-corrected chi connectivity index (χ1v) is 7.35. The molecule has 0 amide bonds. The van der Waals surface area contributed by atoms with E-state index in [-0.39, 0.29) is 0 Å². The van der Waals surface area contributed by atoms with Crippen LogP contribution in [0.5, 0.6) is 0 Å². The van der Waals surface area contributed by atoms with E-state index in [0.717, 1.165) is 23.1 Å². The summed E-state index contributed by atoms with van der Waals surface area (Å²) in [6, 6.07) is 0. The molecule has 3 rings (SSSR count). The third kappa shape index (κ3) is 2.31. The summed E-state index contributed by atoms with van der Waals surface area (Å²) < 4.78 is 5.76. The van der Waals surface area contributed by atoms with Crippen molar-refractivity contribution in [2.45, 2.75) is 45.8 Å². The Hall–Kier alpha value is -1.24. The molecule has 3 N–H and O–H groups in total. The Kier molecular flexibility index (Phi) is 3.38. The maximum atomic E-state index is 5.76. The molecular weight excluding hydrogens is 260 g/mol. The van der Waals surface area contributed by atoms with Crippen LogP contribution in [0.15, 0.2) is 0 Å². The van der Waals surface area contributed by atoms with Gasteiger partial charge in [-0.25, -0.2) is 15.8 Å². The first-order valence-electron chi connectivity index (χ1n) is 6.54. The summed E-state index contributed by atoms with van der Waals surface area (Å²) in [5.41, 5.74) is 3.87. The Morgan fingerprint density at radius 2 is 2.16 bits per heavy atom. The number of hydrogen-bond acceptors (Lipinski definition) is 6. The summed E-state index contributed by atoms with van der Waals surface area (Å²) in [6.07, 6.45) is 3.97. The van der Waals surface area contributed by atoms with Crippen LogP contribution in [0.25, 0.3) is 10.2 Å². The zero-order valence-electron chi connectivity index (χ0n) is 11.2. The minimum atomic E-state index is 0.389. The van der Waals surface area contributed by atoms with Gasteiger partial charge in [0, 0.05) is 4.88 Å². The number of anilines is 1. The molecule has 0 saturated heterocycles. The molecule has 1 aliphatic carbocycles. The van der Waals surface area contributed by atoms with E-state index in [0.29, 0.717) is 24.4 Å². The molecule has 6 heteroatoms. The van der Waals surface area contributed by atoms with E-state index < -0.39 is 0 Å². The third-order valence-electron chi connectivity index (χ3n) is 3.71. The zero-order valence-corrected chi connectivity index (χ0v) is 12.0. The normalized spacial score (nSPS) is 15.7. The molecule has 2 aromatic heterocycles. The van der Waals surface area contributed by atoms with Crippen molar-refractivity contribution in [2.24, 2.45) is 5.84 Å². The zero-order chi connectivity index (χ0) is 13.4. The molecular formula is C13H18N4OS. The lowest BCUT2D eigenvalue weighted by molar-refractivity contribution is -0.0115. The van der Waals surface area contributed by atoms with Crippen LogP contribution in [0.2, 0.25) is 0 Å². The van der Waals surface area contributed by atoms with Crippen molar-refractivity contribution < 1.29 is 4.74 Å². The molecule has 0 unspecified atom stereocenters. The van der Waals surface area contributed by atoms with Crippen molar-refractivity contribution in [1.29, 1.82) is 0 Å². The third-order valence-corrected chi connectivity index (χ3v) is 4.81. The Bertz CT molecular complexity index is 606. The molecule has 1 aliphatic rings. The van der Waals surface area contributed by atoms with Gasteiger partial charge in [-0.05, 0) is 38.7 Å². The van der Waals surface area contributed by atoms with E-state index >= 15 is 0 Å². The molecule has 2 aromatic rings. The van der Waals surface area contributed by atoms with Gasteiger partial charge in [-0.1, -0.05) is 0 Å². The average molecular weight is 278 g/mol. The van der Waals surface area contributed by atoms with E-state index in [9.17, 15) is 0 Å². The smallest absolute Gasteiger partial charge is 0.158 e. The van der Waals surface area contributed by atoms with Gasteiger partial charge < -0.3 is 10.2 Å².